The highest BCUT2D eigenvalue weighted by molar-refractivity contribution is 6.03. The molecule has 0 unspecified atom stereocenters. The summed E-state index contributed by atoms with van der Waals surface area (Å²) in [6.07, 6.45) is -0.542. The normalized spacial score (nSPS) is 10.5. The molecule has 0 bridgehead atoms. The smallest absolute Gasteiger partial charge is 0.411 e. The van der Waals surface area contributed by atoms with Crippen LogP contribution >= 0.6 is 0 Å². The highest BCUT2D eigenvalue weighted by Gasteiger charge is 2.14. The van der Waals surface area contributed by atoms with Crippen molar-refractivity contribution in [2.75, 3.05) is 17.2 Å². The number of benzene rings is 2. The monoisotopic (exact) mass is 379 g/mol. The van der Waals surface area contributed by atoms with Crippen LogP contribution in [0.2, 0.25) is 0 Å². The molecule has 0 saturated carbocycles. The van der Waals surface area contributed by atoms with E-state index in [9.17, 15) is 9.59 Å². The van der Waals surface area contributed by atoms with Crippen molar-refractivity contribution in [2.24, 2.45) is 5.92 Å². The van der Waals surface area contributed by atoms with Crippen molar-refractivity contribution in [3.05, 3.63) is 66.4 Å². The second kappa shape index (κ2) is 8.85. The van der Waals surface area contributed by atoms with Crippen molar-refractivity contribution in [3.63, 3.8) is 0 Å². The van der Waals surface area contributed by atoms with E-state index in [0.717, 1.165) is 5.56 Å². The molecule has 1 aromatic heterocycles. The van der Waals surface area contributed by atoms with E-state index in [4.69, 9.17) is 9.26 Å². The van der Waals surface area contributed by atoms with E-state index in [1.165, 1.54) is 0 Å². The van der Waals surface area contributed by atoms with Crippen LogP contribution in [0.1, 0.15) is 24.4 Å². The van der Waals surface area contributed by atoms with Gasteiger partial charge in [-0.3, -0.25) is 10.1 Å². The average molecular weight is 379 g/mol. The summed E-state index contributed by atoms with van der Waals surface area (Å²) in [5.74, 6) is -0.0955. The van der Waals surface area contributed by atoms with Gasteiger partial charge in [-0.25, -0.2) is 4.79 Å². The summed E-state index contributed by atoms with van der Waals surface area (Å²) in [5.41, 5.74) is 2.45. The highest BCUT2D eigenvalue weighted by atomic mass is 16.5. The van der Waals surface area contributed by atoms with Gasteiger partial charge in [0.05, 0.1) is 6.61 Å². The van der Waals surface area contributed by atoms with Crippen LogP contribution in [0, 0.1) is 5.92 Å². The molecule has 0 radical (unpaired) electrons. The molecule has 2 amide bonds. The number of ether oxygens (including phenoxy) is 1. The van der Waals surface area contributed by atoms with Crippen LogP contribution in [-0.4, -0.2) is 23.8 Å². The maximum absolute atomic E-state index is 12.4. The molecular formula is C21H21N3O4. The third-order valence-electron chi connectivity index (χ3n) is 3.72. The second-order valence-corrected chi connectivity index (χ2v) is 6.59. The fraction of sp³-hybridized carbons (Fsp3) is 0.190. The molecular weight excluding hydrogens is 358 g/mol. The first-order chi connectivity index (χ1) is 13.5. The van der Waals surface area contributed by atoms with Crippen molar-refractivity contribution in [3.8, 4) is 11.3 Å². The van der Waals surface area contributed by atoms with Gasteiger partial charge in [0.25, 0.3) is 5.91 Å². The van der Waals surface area contributed by atoms with Crippen LogP contribution < -0.4 is 10.6 Å². The molecule has 0 aliphatic carbocycles. The maximum atomic E-state index is 12.4. The van der Waals surface area contributed by atoms with Gasteiger partial charge in [0.15, 0.2) is 0 Å². The number of amides is 2. The van der Waals surface area contributed by atoms with E-state index in [-0.39, 0.29) is 11.7 Å². The number of aromatic nitrogens is 1. The Balaban J connectivity index is 1.63. The molecule has 0 atom stereocenters. The molecule has 28 heavy (non-hydrogen) atoms. The fourth-order valence-corrected chi connectivity index (χ4v) is 2.39. The minimum absolute atomic E-state index is 0.0913. The number of hydrogen-bond acceptors (Lipinski definition) is 5. The molecule has 2 aromatic carbocycles. The largest absolute Gasteiger partial charge is 0.449 e. The first-order valence-electron chi connectivity index (χ1n) is 8.88. The van der Waals surface area contributed by atoms with Crippen LogP contribution in [0.15, 0.2) is 65.2 Å². The topological polar surface area (TPSA) is 93.5 Å². The number of nitrogens with one attached hydrogen (secondary N) is 2. The molecule has 3 aromatic rings. The minimum atomic E-state index is -0.542. The molecule has 1 heterocycles. The standard InChI is InChI=1S/C21H21N3O4/c1-14(2)13-27-21(26)23-17-10-6-9-16(11-17)22-20(25)19-12-18(24-28-19)15-7-4-3-5-8-15/h3-12,14H,13H2,1-2H3,(H,22,25)(H,23,26). The molecule has 0 aliphatic rings. The van der Waals surface area contributed by atoms with Gasteiger partial charge in [-0.15, -0.1) is 0 Å². The lowest BCUT2D eigenvalue weighted by atomic mass is 10.1. The SMILES string of the molecule is CC(C)COC(=O)Nc1cccc(NC(=O)c2cc(-c3ccccc3)no2)c1. The highest BCUT2D eigenvalue weighted by Crippen LogP contribution is 2.20. The van der Waals surface area contributed by atoms with Gasteiger partial charge < -0.3 is 14.6 Å². The maximum Gasteiger partial charge on any atom is 0.411 e. The average Bonchev–Trinajstić information content (AvgIpc) is 3.18. The molecule has 0 aliphatic heterocycles. The van der Waals surface area contributed by atoms with Crippen LogP contribution in [0.5, 0.6) is 0 Å². The summed E-state index contributed by atoms with van der Waals surface area (Å²) in [7, 11) is 0. The van der Waals surface area contributed by atoms with Crippen LogP contribution in [-0.2, 0) is 4.74 Å². The minimum Gasteiger partial charge on any atom is -0.449 e. The molecule has 2 N–H and O–H groups in total. The van der Waals surface area contributed by atoms with Crippen molar-refractivity contribution >= 4 is 23.4 Å². The van der Waals surface area contributed by atoms with Crippen molar-refractivity contribution < 1.29 is 18.8 Å². The molecule has 0 fully saturated rings. The first-order valence-corrected chi connectivity index (χ1v) is 8.88. The molecule has 144 valence electrons. The third-order valence-corrected chi connectivity index (χ3v) is 3.72. The molecule has 0 saturated heterocycles. The Morgan fingerprint density at radius 2 is 1.71 bits per heavy atom. The van der Waals surface area contributed by atoms with E-state index in [1.807, 2.05) is 44.2 Å². The number of carbonyl (C=O) groups excluding carboxylic acids is 2. The molecule has 3 rings (SSSR count). The zero-order chi connectivity index (χ0) is 19.9. The van der Waals surface area contributed by atoms with E-state index in [2.05, 4.69) is 15.8 Å². The van der Waals surface area contributed by atoms with E-state index in [0.29, 0.717) is 23.7 Å². The Morgan fingerprint density at radius 3 is 2.43 bits per heavy atom. The van der Waals surface area contributed by atoms with Gasteiger partial charge in [0.2, 0.25) is 5.76 Å². The van der Waals surface area contributed by atoms with Crippen LogP contribution in [0.3, 0.4) is 0 Å². The van der Waals surface area contributed by atoms with Gasteiger partial charge in [-0.05, 0) is 24.1 Å². The Labute approximate surface area is 162 Å². The molecule has 0 spiro atoms. The zero-order valence-electron chi connectivity index (χ0n) is 15.6. The third kappa shape index (κ3) is 5.20. The van der Waals surface area contributed by atoms with Crippen molar-refractivity contribution in [1.29, 1.82) is 0 Å². The van der Waals surface area contributed by atoms with Gasteiger partial charge in [-0.1, -0.05) is 55.4 Å². The van der Waals surface area contributed by atoms with Gasteiger partial charge in [0.1, 0.15) is 5.69 Å². The Morgan fingerprint density at radius 1 is 1.00 bits per heavy atom. The lowest BCUT2D eigenvalue weighted by Gasteiger charge is -2.10. The van der Waals surface area contributed by atoms with E-state index >= 15 is 0 Å². The predicted octanol–water partition coefficient (Wildman–Crippen LogP) is 4.80. The Kier molecular flexibility index (Phi) is 6.06. The van der Waals surface area contributed by atoms with Gasteiger partial charge in [0, 0.05) is 23.0 Å². The molecule has 7 nitrogen and oxygen atoms in total. The van der Waals surface area contributed by atoms with Gasteiger partial charge in [-0.2, -0.15) is 0 Å². The summed E-state index contributed by atoms with van der Waals surface area (Å²) in [6, 6.07) is 17.8. The van der Waals surface area contributed by atoms with Crippen molar-refractivity contribution in [2.45, 2.75) is 13.8 Å². The quantitative estimate of drug-likeness (QED) is 0.642. The summed E-state index contributed by atoms with van der Waals surface area (Å²) in [5, 5.41) is 9.28. The summed E-state index contributed by atoms with van der Waals surface area (Å²) in [4.78, 5) is 24.2. The summed E-state index contributed by atoms with van der Waals surface area (Å²) < 4.78 is 10.2. The fourth-order valence-electron chi connectivity index (χ4n) is 2.39. The summed E-state index contributed by atoms with van der Waals surface area (Å²) >= 11 is 0. The molecule has 7 heteroatoms. The van der Waals surface area contributed by atoms with E-state index < -0.39 is 12.0 Å². The number of rotatable bonds is 6. The second-order valence-electron chi connectivity index (χ2n) is 6.59. The van der Waals surface area contributed by atoms with E-state index in [1.54, 1.807) is 30.3 Å². The Hall–Kier alpha value is -3.61. The number of carbonyl (C=O) groups is 2. The Bertz CT molecular complexity index is 951. The predicted molar refractivity (Wildman–Crippen MR) is 106 cm³/mol. The zero-order valence-corrected chi connectivity index (χ0v) is 15.6. The number of anilines is 2. The van der Waals surface area contributed by atoms with Crippen molar-refractivity contribution in [1.82, 2.24) is 5.16 Å². The van der Waals surface area contributed by atoms with Crippen LogP contribution in [0.4, 0.5) is 16.2 Å². The van der Waals surface area contributed by atoms with Gasteiger partial charge >= 0.3 is 6.09 Å². The number of nitrogens with zero attached hydrogens (tertiary/aromatic N) is 1. The lowest BCUT2D eigenvalue weighted by Crippen LogP contribution is -2.17. The van der Waals surface area contributed by atoms with Crippen LogP contribution in [0.25, 0.3) is 11.3 Å². The lowest BCUT2D eigenvalue weighted by molar-refractivity contribution is 0.0988. The summed E-state index contributed by atoms with van der Waals surface area (Å²) in [6.45, 7) is 4.24. The number of hydrogen-bond donors (Lipinski definition) is 2. The first kappa shape index (κ1) is 19.2.